The third kappa shape index (κ3) is 6.57. The molecule has 4 rings (SSSR count). The molecule has 3 aromatic rings. The number of unbranched alkanes of at least 4 members (excludes halogenated alkanes) is 2. The molecule has 1 atom stereocenters. The minimum Gasteiger partial charge on any atom is -0.494 e. The fourth-order valence-electron chi connectivity index (χ4n) is 4.54. The van der Waals surface area contributed by atoms with Gasteiger partial charge in [0, 0.05) is 32.6 Å². The zero-order valence-corrected chi connectivity index (χ0v) is 19.1. The van der Waals surface area contributed by atoms with Crippen molar-refractivity contribution in [3.63, 3.8) is 0 Å². The molecule has 168 valence electrons. The minimum absolute atomic E-state index is 0.0627. The molecule has 0 bridgehead atoms. The van der Waals surface area contributed by atoms with Crippen molar-refractivity contribution < 1.29 is 9.53 Å². The molecule has 1 fully saturated rings. The maximum Gasteiger partial charge on any atom is 0.217 e. The van der Waals surface area contributed by atoms with Crippen LogP contribution in [0.15, 0.2) is 66.7 Å². The van der Waals surface area contributed by atoms with Gasteiger partial charge in [-0.2, -0.15) is 0 Å². The standard InChI is InChI=1S/C28H34N2O2/c1-22(31)29-27-15-16-30(21-27)20-24-11-12-26-19-28(14-13-25(26)18-24)32-17-7-3-6-10-23-8-4-2-5-9-23/h2,4-5,8-9,11-14,18-19,27H,3,6-7,10,15-17,20-21H2,1H3,(H,29,31)/t27-/m1/s1. The summed E-state index contributed by atoms with van der Waals surface area (Å²) in [6, 6.07) is 24.0. The molecule has 0 unspecified atom stereocenters. The van der Waals surface area contributed by atoms with Gasteiger partial charge in [-0.05, 0) is 72.2 Å². The van der Waals surface area contributed by atoms with E-state index in [2.05, 4.69) is 76.9 Å². The molecule has 0 spiro atoms. The number of hydrogen-bond acceptors (Lipinski definition) is 3. The summed E-state index contributed by atoms with van der Waals surface area (Å²) in [5, 5.41) is 5.50. The molecule has 4 nitrogen and oxygen atoms in total. The Labute approximate surface area is 191 Å². The van der Waals surface area contributed by atoms with Crippen molar-refractivity contribution in [1.29, 1.82) is 0 Å². The number of hydrogen-bond donors (Lipinski definition) is 1. The van der Waals surface area contributed by atoms with Crippen LogP contribution in [0, 0.1) is 0 Å². The molecule has 1 N–H and O–H groups in total. The largest absolute Gasteiger partial charge is 0.494 e. The first-order valence-corrected chi connectivity index (χ1v) is 11.8. The number of ether oxygens (including phenoxy) is 1. The van der Waals surface area contributed by atoms with E-state index in [4.69, 9.17) is 4.74 Å². The lowest BCUT2D eigenvalue weighted by molar-refractivity contribution is -0.119. The lowest BCUT2D eigenvalue weighted by atomic mass is 10.1. The molecule has 0 saturated carbocycles. The highest BCUT2D eigenvalue weighted by molar-refractivity contribution is 5.84. The monoisotopic (exact) mass is 430 g/mol. The van der Waals surface area contributed by atoms with Gasteiger partial charge < -0.3 is 10.1 Å². The number of nitrogens with zero attached hydrogens (tertiary/aromatic N) is 1. The Morgan fingerprint density at radius 2 is 1.78 bits per heavy atom. The summed E-state index contributed by atoms with van der Waals surface area (Å²) in [6.07, 6.45) is 5.64. The number of aryl methyl sites for hydroxylation is 1. The first-order valence-electron chi connectivity index (χ1n) is 11.8. The molecule has 3 aromatic carbocycles. The lowest BCUT2D eigenvalue weighted by Crippen LogP contribution is -2.35. The Morgan fingerprint density at radius 1 is 0.969 bits per heavy atom. The van der Waals surface area contributed by atoms with Crippen molar-refractivity contribution in [3.8, 4) is 5.75 Å². The van der Waals surface area contributed by atoms with Gasteiger partial charge in [0.1, 0.15) is 5.75 Å². The van der Waals surface area contributed by atoms with E-state index in [0.29, 0.717) is 0 Å². The summed E-state index contributed by atoms with van der Waals surface area (Å²) in [6.45, 7) is 5.24. The zero-order chi connectivity index (χ0) is 22.2. The smallest absolute Gasteiger partial charge is 0.217 e. The van der Waals surface area contributed by atoms with E-state index in [1.54, 1.807) is 6.92 Å². The van der Waals surface area contributed by atoms with E-state index >= 15 is 0 Å². The molecule has 1 saturated heterocycles. The van der Waals surface area contributed by atoms with E-state index in [9.17, 15) is 4.79 Å². The van der Waals surface area contributed by atoms with Crippen LogP contribution in [-0.2, 0) is 17.8 Å². The number of amides is 1. The van der Waals surface area contributed by atoms with Gasteiger partial charge in [0.25, 0.3) is 0 Å². The maximum atomic E-state index is 11.3. The van der Waals surface area contributed by atoms with Crippen molar-refractivity contribution in [2.24, 2.45) is 0 Å². The van der Waals surface area contributed by atoms with Crippen LogP contribution in [-0.4, -0.2) is 36.5 Å². The van der Waals surface area contributed by atoms with E-state index in [1.165, 1.54) is 34.7 Å². The second-order valence-corrected chi connectivity index (χ2v) is 8.91. The Bertz CT molecular complexity index is 1020. The molecule has 0 aromatic heterocycles. The third-order valence-corrected chi connectivity index (χ3v) is 6.18. The summed E-state index contributed by atoms with van der Waals surface area (Å²) < 4.78 is 6.00. The molecular weight excluding hydrogens is 396 g/mol. The SMILES string of the molecule is CC(=O)N[C@@H]1CCN(Cc2ccc3cc(OCCCCCc4ccccc4)ccc3c2)C1. The third-order valence-electron chi connectivity index (χ3n) is 6.18. The Kier molecular flexibility index (Phi) is 7.78. The molecule has 32 heavy (non-hydrogen) atoms. The molecule has 1 aliphatic heterocycles. The summed E-state index contributed by atoms with van der Waals surface area (Å²) in [5.74, 6) is 1.01. The first-order chi connectivity index (χ1) is 15.7. The molecular formula is C28H34N2O2. The summed E-state index contributed by atoms with van der Waals surface area (Å²) in [5.41, 5.74) is 2.73. The number of carbonyl (C=O) groups excluding carboxylic acids is 1. The van der Waals surface area contributed by atoms with Gasteiger partial charge in [0.05, 0.1) is 6.61 Å². The molecule has 0 aliphatic carbocycles. The topological polar surface area (TPSA) is 41.6 Å². The van der Waals surface area contributed by atoms with Crippen LogP contribution >= 0.6 is 0 Å². The van der Waals surface area contributed by atoms with Crippen LogP contribution in [0.5, 0.6) is 5.75 Å². The van der Waals surface area contributed by atoms with Crippen molar-refractivity contribution in [2.45, 2.75) is 51.6 Å². The van der Waals surface area contributed by atoms with Crippen LogP contribution in [0.3, 0.4) is 0 Å². The highest BCUT2D eigenvalue weighted by Crippen LogP contribution is 2.24. The van der Waals surface area contributed by atoms with E-state index in [1.807, 2.05) is 0 Å². The number of rotatable bonds is 10. The number of nitrogens with one attached hydrogen (secondary N) is 1. The Balaban J connectivity index is 1.22. The second kappa shape index (κ2) is 11.1. The maximum absolute atomic E-state index is 11.3. The number of benzene rings is 3. The fraction of sp³-hybridized carbons (Fsp3) is 0.393. The van der Waals surface area contributed by atoms with Gasteiger partial charge in [0.15, 0.2) is 0 Å². The van der Waals surface area contributed by atoms with Gasteiger partial charge in [0.2, 0.25) is 5.91 Å². The average molecular weight is 431 g/mol. The number of likely N-dealkylation sites (tertiary alicyclic amines) is 1. The minimum atomic E-state index is 0.0627. The summed E-state index contributed by atoms with van der Waals surface area (Å²) in [4.78, 5) is 13.7. The van der Waals surface area contributed by atoms with Gasteiger partial charge in [-0.3, -0.25) is 9.69 Å². The number of fused-ring (bicyclic) bond motifs is 1. The van der Waals surface area contributed by atoms with E-state index in [0.717, 1.165) is 51.3 Å². The van der Waals surface area contributed by atoms with Crippen LogP contribution in [0.2, 0.25) is 0 Å². The predicted molar refractivity (Wildman–Crippen MR) is 131 cm³/mol. The first kappa shape index (κ1) is 22.3. The van der Waals surface area contributed by atoms with Gasteiger partial charge in [-0.15, -0.1) is 0 Å². The average Bonchev–Trinajstić information content (AvgIpc) is 3.22. The summed E-state index contributed by atoms with van der Waals surface area (Å²) >= 11 is 0. The molecule has 1 heterocycles. The van der Waals surface area contributed by atoms with Crippen LogP contribution in [0.4, 0.5) is 0 Å². The molecule has 1 aliphatic rings. The molecule has 1 amide bonds. The van der Waals surface area contributed by atoms with E-state index in [-0.39, 0.29) is 11.9 Å². The van der Waals surface area contributed by atoms with Crippen molar-refractivity contribution in [2.75, 3.05) is 19.7 Å². The lowest BCUT2D eigenvalue weighted by Gasteiger charge is -2.17. The molecule has 0 radical (unpaired) electrons. The Morgan fingerprint density at radius 3 is 2.62 bits per heavy atom. The van der Waals surface area contributed by atoms with Crippen molar-refractivity contribution in [3.05, 3.63) is 77.9 Å². The fourth-order valence-corrected chi connectivity index (χ4v) is 4.54. The highest BCUT2D eigenvalue weighted by Gasteiger charge is 2.22. The van der Waals surface area contributed by atoms with Gasteiger partial charge in [-0.25, -0.2) is 0 Å². The van der Waals surface area contributed by atoms with Crippen LogP contribution in [0.1, 0.15) is 43.7 Å². The van der Waals surface area contributed by atoms with Gasteiger partial charge in [-0.1, -0.05) is 48.5 Å². The molecule has 4 heteroatoms. The van der Waals surface area contributed by atoms with E-state index < -0.39 is 0 Å². The second-order valence-electron chi connectivity index (χ2n) is 8.91. The van der Waals surface area contributed by atoms with Crippen LogP contribution in [0.25, 0.3) is 10.8 Å². The predicted octanol–water partition coefficient (Wildman–Crippen LogP) is 5.34. The van der Waals surface area contributed by atoms with Crippen molar-refractivity contribution in [1.82, 2.24) is 10.2 Å². The zero-order valence-electron chi connectivity index (χ0n) is 19.1. The summed E-state index contributed by atoms with van der Waals surface area (Å²) in [7, 11) is 0. The highest BCUT2D eigenvalue weighted by atomic mass is 16.5. The number of carbonyl (C=O) groups is 1. The van der Waals surface area contributed by atoms with Gasteiger partial charge >= 0.3 is 0 Å². The Hall–Kier alpha value is -2.85. The quantitative estimate of drug-likeness (QED) is 0.441. The normalized spacial score (nSPS) is 16.3. The van der Waals surface area contributed by atoms with Crippen LogP contribution < -0.4 is 10.1 Å². The van der Waals surface area contributed by atoms with Crippen molar-refractivity contribution >= 4 is 16.7 Å².